The molecule has 4 heteroatoms. The van der Waals surface area contributed by atoms with Gasteiger partial charge in [-0.2, -0.15) is 0 Å². The summed E-state index contributed by atoms with van der Waals surface area (Å²) in [6, 6.07) is 0. The molecule has 1 aliphatic rings. The Bertz CT molecular complexity index is 202. The molecule has 4 nitrogen and oxygen atoms in total. The first-order chi connectivity index (χ1) is 5.65. The summed E-state index contributed by atoms with van der Waals surface area (Å²) in [7, 11) is 1.37. The van der Waals surface area contributed by atoms with Gasteiger partial charge < -0.3 is 9.64 Å². The second kappa shape index (κ2) is 3.56. The molecule has 0 aromatic carbocycles. The number of nitrogens with zero attached hydrogens (tertiary/aromatic N) is 1. The molecule has 68 valence electrons. The van der Waals surface area contributed by atoms with Crippen LogP contribution in [-0.2, 0) is 14.3 Å². The van der Waals surface area contributed by atoms with E-state index in [4.69, 9.17) is 0 Å². The van der Waals surface area contributed by atoms with Gasteiger partial charge in [0.15, 0.2) is 0 Å². The van der Waals surface area contributed by atoms with Crippen molar-refractivity contribution in [3.05, 3.63) is 0 Å². The second-order valence-electron chi connectivity index (χ2n) is 2.97. The third-order valence-corrected chi connectivity index (χ3v) is 2.17. The fourth-order valence-corrected chi connectivity index (χ4v) is 1.41. The maximum absolute atomic E-state index is 11.0. The molecule has 1 aliphatic heterocycles. The zero-order chi connectivity index (χ0) is 9.14. The van der Waals surface area contributed by atoms with Gasteiger partial charge in [-0.25, -0.2) is 0 Å². The van der Waals surface area contributed by atoms with Crippen molar-refractivity contribution in [2.24, 2.45) is 5.92 Å². The maximum atomic E-state index is 11.0. The monoisotopic (exact) mass is 171 g/mol. The molecule has 1 saturated heterocycles. The van der Waals surface area contributed by atoms with Gasteiger partial charge in [-0.1, -0.05) is 0 Å². The predicted octanol–water partition coefficient (Wildman–Crippen LogP) is 0.0278. The Morgan fingerprint density at radius 3 is 2.58 bits per heavy atom. The van der Waals surface area contributed by atoms with Crippen LogP contribution in [0.1, 0.15) is 13.3 Å². The van der Waals surface area contributed by atoms with Crippen LogP contribution in [-0.4, -0.2) is 37.0 Å². The number of carbonyl (C=O) groups is 2. The third-order valence-electron chi connectivity index (χ3n) is 2.17. The van der Waals surface area contributed by atoms with E-state index in [1.807, 2.05) is 0 Å². The number of methoxy groups -OCH3 is 1. The number of amides is 1. The first-order valence-corrected chi connectivity index (χ1v) is 3.98. The average Bonchev–Trinajstić information content (AvgIpc) is 2.51. The van der Waals surface area contributed by atoms with Crippen LogP contribution in [0.25, 0.3) is 0 Å². The number of ether oxygens (including phenoxy) is 1. The lowest BCUT2D eigenvalue weighted by atomic mass is 10.1. The number of hydrogen-bond donors (Lipinski definition) is 0. The summed E-state index contributed by atoms with van der Waals surface area (Å²) in [6.45, 7) is 2.71. The van der Waals surface area contributed by atoms with Gasteiger partial charge in [0.2, 0.25) is 5.91 Å². The molecule has 0 radical (unpaired) electrons. The van der Waals surface area contributed by atoms with E-state index in [0.717, 1.165) is 6.42 Å². The normalized spacial score (nSPS) is 22.5. The molecule has 0 saturated carbocycles. The van der Waals surface area contributed by atoms with E-state index in [1.165, 1.54) is 14.0 Å². The zero-order valence-electron chi connectivity index (χ0n) is 7.37. The minimum atomic E-state index is -0.209. The molecule has 1 amide bonds. The highest BCUT2D eigenvalue weighted by molar-refractivity contribution is 5.77. The molecule has 1 rings (SSSR count). The lowest BCUT2D eigenvalue weighted by Crippen LogP contribution is -2.27. The van der Waals surface area contributed by atoms with Gasteiger partial charge in [0.1, 0.15) is 0 Å². The molecule has 0 N–H and O–H groups in total. The van der Waals surface area contributed by atoms with Crippen LogP contribution < -0.4 is 0 Å². The first kappa shape index (κ1) is 9.03. The minimum Gasteiger partial charge on any atom is -0.469 e. The Labute approximate surface area is 71.5 Å². The fourth-order valence-electron chi connectivity index (χ4n) is 1.41. The topological polar surface area (TPSA) is 46.6 Å². The zero-order valence-corrected chi connectivity index (χ0v) is 7.37. The number of esters is 1. The Kier molecular flexibility index (Phi) is 2.68. The van der Waals surface area contributed by atoms with Crippen LogP contribution in [0.3, 0.4) is 0 Å². The van der Waals surface area contributed by atoms with E-state index in [0.29, 0.717) is 13.1 Å². The highest BCUT2D eigenvalue weighted by Gasteiger charge is 2.29. The van der Waals surface area contributed by atoms with Gasteiger partial charge in [0, 0.05) is 20.0 Å². The second-order valence-corrected chi connectivity index (χ2v) is 2.97. The van der Waals surface area contributed by atoms with Gasteiger partial charge in [-0.05, 0) is 6.42 Å². The number of likely N-dealkylation sites (tertiary alicyclic amines) is 1. The summed E-state index contributed by atoms with van der Waals surface area (Å²) < 4.78 is 4.59. The van der Waals surface area contributed by atoms with E-state index < -0.39 is 0 Å². The molecule has 1 atom stereocenters. The minimum absolute atomic E-state index is 0.0291. The van der Waals surface area contributed by atoms with E-state index >= 15 is 0 Å². The van der Waals surface area contributed by atoms with Crippen molar-refractivity contribution in [1.29, 1.82) is 0 Å². The highest BCUT2D eigenvalue weighted by atomic mass is 16.5. The quantitative estimate of drug-likeness (QED) is 0.523. The predicted molar refractivity (Wildman–Crippen MR) is 42.4 cm³/mol. The molecule has 0 aromatic heterocycles. The number of carbonyl (C=O) groups excluding carboxylic acids is 2. The molecule has 0 spiro atoms. The molecule has 0 aromatic rings. The summed E-state index contributed by atoms with van der Waals surface area (Å²) >= 11 is 0. The highest BCUT2D eigenvalue weighted by Crippen LogP contribution is 2.16. The molecular formula is C8H13NO3. The van der Waals surface area contributed by atoms with Crippen molar-refractivity contribution in [3.8, 4) is 0 Å². The van der Waals surface area contributed by atoms with E-state index in [-0.39, 0.29) is 17.8 Å². The van der Waals surface area contributed by atoms with E-state index in [9.17, 15) is 9.59 Å². The Balaban J connectivity index is 2.45. The van der Waals surface area contributed by atoms with Crippen LogP contribution in [0, 0.1) is 5.92 Å². The van der Waals surface area contributed by atoms with Crippen molar-refractivity contribution < 1.29 is 14.3 Å². The molecule has 12 heavy (non-hydrogen) atoms. The first-order valence-electron chi connectivity index (χ1n) is 3.98. The SMILES string of the molecule is COC(=O)C1CCN(C(C)=O)C1. The standard InChI is InChI=1S/C8H13NO3/c1-6(10)9-4-3-7(5-9)8(11)12-2/h7H,3-5H2,1-2H3. The molecule has 1 unspecified atom stereocenters. The van der Waals surface area contributed by atoms with Crippen molar-refractivity contribution in [2.75, 3.05) is 20.2 Å². The van der Waals surface area contributed by atoms with Gasteiger partial charge in [0.05, 0.1) is 13.0 Å². The molecule has 1 fully saturated rings. The Morgan fingerprint density at radius 2 is 2.17 bits per heavy atom. The van der Waals surface area contributed by atoms with Crippen molar-refractivity contribution in [3.63, 3.8) is 0 Å². The van der Waals surface area contributed by atoms with Crippen LogP contribution in [0.4, 0.5) is 0 Å². The summed E-state index contributed by atoms with van der Waals surface area (Å²) in [5.74, 6) is -0.293. The number of rotatable bonds is 1. The van der Waals surface area contributed by atoms with Crippen molar-refractivity contribution >= 4 is 11.9 Å². The Morgan fingerprint density at radius 1 is 1.50 bits per heavy atom. The lowest BCUT2D eigenvalue weighted by molar-refractivity contribution is -0.145. The third kappa shape index (κ3) is 1.75. The lowest BCUT2D eigenvalue weighted by Gasteiger charge is -2.12. The van der Waals surface area contributed by atoms with Gasteiger partial charge in [-0.15, -0.1) is 0 Å². The summed E-state index contributed by atoms with van der Waals surface area (Å²) in [5, 5.41) is 0. The van der Waals surface area contributed by atoms with Crippen LogP contribution in [0.2, 0.25) is 0 Å². The maximum Gasteiger partial charge on any atom is 0.310 e. The molecular weight excluding hydrogens is 158 g/mol. The summed E-state index contributed by atoms with van der Waals surface area (Å²) in [5.41, 5.74) is 0. The van der Waals surface area contributed by atoms with E-state index in [2.05, 4.69) is 4.74 Å². The van der Waals surface area contributed by atoms with Crippen molar-refractivity contribution in [2.45, 2.75) is 13.3 Å². The molecule has 1 heterocycles. The average molecular weight is 171 g/mol. The largest absolute Gasteiger partial charge is 0.469 e. The van der Waals surface area contributed by atoms with Gasteiger partial charge >= 0.3 is 5.97 Å². The molecule has 0 bridgehead atoms. The molecule has 0 aliphatic carbocycles. The summed E-state index contributed by atoms with van der Waals surface area (Å²) in [6.07, 6.45) is 0.728. The fraction of sp³-hybridized carbons (Fsp3) is 0.750. The van der Waals surface area contributed by atoms with Crippen LogP contribution in [0.5, 0.6) is 0 Å². The van der Waals surface area contributed by atoms with Crippen LogP contribution >= 0.6 is 0 Å². The smallest absolute Gasteiger partial charge is 0.310 e. The van der Waals surface area contributed by atoms with Crippen LogP contribution in [0.15, 0.2) is 0 Å². The van der Waals surface area contributed by atoms with Crippen molar-refractivity contribution in [1.82, 2.24) is 4.90 Å². The summed E-state index contributed by atoms with van der Waals surface area (Å²) in [4.78, 5) is 23.6. The van der Waals surface area contributed by atoms with E-state index in [1.54, 1.807) is 4.90 Å². The van der Waals surface area contributed by atoms with Gasteiger partial charge in [0.25, 0.3) is 0 Å². The number of hydrogen-bond acceptors (Lipinski definition) is 3. The Hall–Kier alpha value is -1.06. The van der Waals surface area contributed by atoms with Gasteiger partial charge in [-0.3, -0.25) is 9.59 Å².